The second kappa shape index (κ2) is 16.2. The number of aliphatic hydroxyl groups is 1. The van der Waals surface area contributed by atoms with Crippen molar-refractivity contribution in [1.82, 2.24) is 4.98 Å². The number of pyridine rings is 1. The summed E-state index contributed by atoms with van der Waals surface area (Å²) >= 11 is 0. The van der Waals surface area contributed by atoms with Gasteiger partial charge in [-0.3, -0.25) is 4.79 Å². The number of nitrogens with zero attached hydrogens (tertiary/aromatic N) is 1. The van der Waals surface area contributed by atoms with Gasteiger partial charge in [0.1, 0.15) is 0 Å². The van der Waals surface area contributed by atoms with Gasteiger partial charge >= 0.3 is 0 Å². The summed E-state index contributed by atoms with van der Waals surface area (Å²) in [4.78, 5) is 16.1. The van der Waals surface area contributed by atoms with Gasteiger partial charge in [0.25, 0.3) is 0 Å². The smallest absolute Gasteiger partial charge is 0.162 e. The number of ketones is 1. The molecule has 0 spiro atoms. The van der Waals surface area contributed by atoms with Crippen molar-refractivity contribution in [2.45, 2.75) is 53.4 Å². The molecule has 219 valence electrons. The van der Waals surface area contributed by atoms with Crippen LogP contribution in [0.2, 0.25) is 0 Å². The van der Waals surface area contributed by atoms with E-state index in [1.54, 1.807) is 0 Å². The molecule has 5 rings (SSSR count). The number of aromatic nitrogens is 1. The first-order valence-electron chi connectivity index (χ1n) is 14.8. The normalized spacial score (nSPS) is 11.3. The number of benzene rings is 4. The molecule has 0 aliphatic rings. The minimum absolute atomic E-state index is 0. The van der Waals surface area contributed by atoms with Gasteiger partial charge in [-0.25, -0.2) is 0 Å². The molecular formula is C38H40IrNO2-. The molecule has 0 aliphatic carbocycles. The monoisotopic (exact) mass is 735 g/mol. The van der Waals surface area contributed by atoms with Crippen LogP contribution in [0.1, 0.15) is 53.4 Å². The summed E-state index contributed by atoms with van der Waals surface area (Å²) in [5, 5.41) is 14.9. The van der Waals surface area contributed by atoms with E-state index in [2.05, 4.69) is 83.8 Å². The number of hydrogen-bond donors (Lipinski definition) is 1. The number of allylic oxidation sites excluding steroid dienone is 2. The maximum atomic E-state index is 11.7. The zero-order valence-electron chi connectivity index (χ0n) is 24.9. The van der Waals surface area contributed by atoms with E-state index in [-0.39, 0.29) is 43.5 Å². The molecule has 0 bridgehead atoms. The van der Waals surface area contributed by atoms with Crippen LogP contribution in [0.4, 0.5) is 0 Å². The summed E-state index contributed by atoms with van der Waals surface area (Å²) in [6, 6.07) is 35.1. The zero-order valence-corrected chi connectivity index (χ0v) is 27.3. The summed E-state index contributed by atoms with van der Waals surface area (Å²) in [6.07, 6.45) is 6.72. The molecule has 0 amide bonds. The first-order valence-corrected chi connectivity index (χ1v) is 14.8. The number of fused-ring (bicyclic) bond motifs is 3. The molecule has 0 saturated carbocycles. The van der Waals surface area contributed by atoms with Crippen LogP contribution in [0.3, 0.4) is 0 Å². The van der Waals surface area contributed by atoms with Gasteiger partial charge in [0.2, 0.25) is 0 Å². The third-order valence-corrected chi connectivity index (χ3v) is 7.91. The molecule has 3 nitrogen and oxygen atoms in total. The predicted octanol–water partition coefficient (Wildman–Crippen LogP) is 10.4. The van der Waals surface area contributed by atoms with E-state index >= 15 is 0 Å². The van der Waals surface area contributed by atoms with E-state index in [0.29, 0.717) is 0 Å². The Hall–Kier alpha value is -3.59. The molecule has 4 aromatic carbocycles. The van der Waals surface area contributed by atoms with Crippen molar-refractivity contribution in [3.8, 4) is 22.4 Å². The van der Waals surface area contributed by atoms with E-state index in [0.717, 1.165) is 36.9 Å². The van der Waals surface area contributed by atoms with Crippen LogP contribution in [-0.4, -0.2) is 15.9 Å². The van der Waals surface area contributed by atoms with E-state index < -0.39 is 0 Å². The van der Waals surface area contributed by atoms with E-state index in [4.69, 9.17) is 0 Å². The second-order valence-corrected chi connectivity index (χ2v) is 10.4. The first kappa shape index (κ1) is 32.9. The van der Waals surface area contributed by atoms with Crippen LogP contribution in [-0.2, 0) is 24.9 Å². The molecule has 0 unspecified atom stereocenters. The molecule has 4 heteroatoms. The van der Waals surface area contributed by atoms with Gasteiger partial charge in [-0.2, -0.15) is 0 Å². The van der Waals surface area contributed by atoms with Gasteiger partial charge in [-0.15, -0.1) is 29.8 Å². The topological polar surface area (TPSA) is 50.2 Å². The summed E-state index contributed by atoms with van der Waals surface area (Å²) in [6.45, 7) is 8.07. The number of carbonyl (C=O) groups excluding carboxylic acids is 1. The van der Waals surface area contributed by atoms with E-state index in [1.807, 2.05) is 52.1 Å². The molecule has 1 aromatic heterocycles. The standard InChI is InChI=1S/C25H16N.C13H24O2.Ir/c1-2-8-21-20(7-1)17-24(23-10-4-3-9-22(21)23)18-12-14-19(15-13-18)25-11-5-6-16-26-25;1-5-10(6-2)12(14)9-13(15)11(7-3)8-4;/h1-14,16-17H;9-11,14H,5-8H2,1-4H3;/q-1;;/b;12-9-;. The Balaban J connectivity index is 0.000000263. The quantitative estimate of drug-likeness (QED) is 0.0710. The maximum absolute atomic E-state index is 11.7. The Morgan fingerprint density at radius 2 is 1.40 bits per heavy atom. The minimum atomic E-state index is 0. The van der Waals surface area contributed by atoms with Crippen LogP contribution in [0.25, 0.3) is 43.9 Å². The average Bonchev–Trinajstić information content (AvgIpc) is 3.03. The van der Waals surface area contributed by atoms with Gasteiger partial charge < -0.3 is 10.1 Å². The van der Waals surface area contributed by atoms with Gasteiger partial charge in [-0.05, 0) is 59.0 Å². The van der Waals surface area contributed by atoms with Gasteiger partial charge in [0.05, 0.1) is 5.76 Å². The van der Waals surface area contributed by atoms with Crippen molar-refractivity contribution in [2.24, 2.45) is 11.8 Å². The third-order valence-electron chi connectivity index (χ3n) is 7.91. The molecule has 0 saturated heterocycles. The van der Waals surface area contributed by atoms with Crippen molar-refractivity contribution in [3.63, 3.8) is 0 Å². The molecule has 5 aromatic rings. The molecule has 0 atom stereocenters. The molecule has 0 aliphatic heterocycles. The number of hydrogen-bond acceptors (Lipinski definition) is 3. The van der Waals surface area contributed by atoms with Crippen molar-refractivity contribution >= 4 is 27.3 Å². The summed E-state index contributed by atoms with van der Waals surface area (Å²) in [7, 11) is 0. The van der Waals surface area contributed by atoms with Gasteiger partial charge in [-0.1, -0.05) is 106 Å². The van der Waals surface area contributed by atoms with Crippen LogP contribution in [0.15, 0.2) is 109 Å². The Morgan fingerprint density at radius 1 is 0.786 bits per heavy atom. The summed E-state index contributed by atoms with van der Waals surface area (Å²) in [5.41, 5.74) is 4.37. The molecule has 1 radical (unpaired) electrons. The fraction of sp³-hybridized carbons (Fsp3) is 0.263. The fourth-order valence-corrected chi connectivity index (χ4v) is 5.35. The van der Waals surface area contributed by atoms with Crippen LogP contribution in [0.5, 0.6) is 0 Å². The molecular weight excluding hydrogens is 695 g/mol. The molecule has 0 fully saturated rings. The SMILES string of the molecule is CCC(CC)C(=O)/C=C(\O)C(CC)CC.[Ir].[c-]1cc(-c2cc3ccccc3c3ccccc23)ccc1-c1ccccn1. The largest absolute Gasteiger partial charge is 0.512 e. The third kappa shape index (κ3) is 7.82. The Labute approximate surface area is 264 Å². The van der Waals surface area contributed by atoms with Crippen molar-refractivity contribution < 1.29 is 30.0 Å². The first-order chi connectivity index (χ1) is 20.0. The Bertz CT molecular complexity index is 1600. The molecule has 1 heterocycles. The Kier molecular flexibility index (Phi) is 12.7. The van der Waals surface area contributed by atoms with Crippen molar-refractivity contribution in [3.05, 3.63) is 115 Å². The maximum Gasteiger partial charge on any atom is 0.162 e. The van der Waals surface area contributed by atoms with Gasteiger partial charge in [0, 0.05) is 44.2 Å². The van der Waals surface area contributed by atoms with Crippen molar-refractivity contribution in [2.75, 3.05) is 0 Å². The van der Waals surface area contributed by atoms with Crippen LogP contribution >= 0.6 is 0 Å². The van der Waals surface area contributed by atoms with Gasteiger partial charge in [0.15, 0.2) is 5.78 Å². The Morgan fingerprint density at radius 3 is 2.00 bits per heavy atom. The minimum Gasteiger partial charge on any atom is -0.512 e. The van der Waals surface area contributed by atoms with Crippen molar-refractivity contribution in [1.29, 1.82) is 0 Å². The predicted molar refractivity (Wildman–Crippen MR) is 173 cm³/mol. The van der Waals surface area contributed by atoms with E-state index in [9.17, 15) is 9.90 Å². The fourth-order valence-electron chi connectivity index (χ4n) is 5.35. The summed E-state index contributed by atoms with van der Waals surface area (Å²) < 4.78 is 0. The molecule has 42 heavy (non-hydrogen) atoms. The van der Waals surface area contributed by atoms with Crippen LogP contribution < -0.4 is 0 Å². The molecule has 1 N–H and O–H groups in total. The number of carbonyl (C=O) groups is 1. The zero-order chi connectivity index (χ0) is 29.2. The van der Waals surface area contributed by atoms with Crippen LogP contribution in [0, 0.1) is 17.9 Å². The summed E-state index contributed by atoms with van der Waals surface area (Å²) in [5.74, 6) is 0.547. The number of aliphatic hydroxyl groups excluding tert-OH is 1. The average molecular weight is 735 g/mol. The van der Waals surface area contributed by atoms with E-state index in [1.165, 1.54) is 38.7 Å². The number of rotatable bonds is 9. The second-order valence-electron chi connectivity index (χ2n) is 10.4.